The van der Waals surface area contributed by atoms with E-state index in [0.29, 0.717) is 145 Å². The lowest BCUT2D eigenvalue weighted by Gasteiger charge is -2.46. The predicted molar refractivity (Wildman–Crippen MR) is 516 cm³/mol. The summed E-state index contributed by atoms with van der Waals surface area (Å²) < 4.78 is 8.12. The van der Waals surface area contributed by atoms with Crippen LogP contribution in [0.3, 0.4) is 0 Å². The molecule has 11 aliphatic rings. The Balaban J connectivity index is 0.000000132. The Morgan fingerprint density at radius 1 is 0.534 bits per heavy atom. The molecular weight excluding hydrogens is 1650 g/mol. The number of allylic oxidation sites excluding steroid dienone is 7. The van der Waals surface area contributed by atoms with E-state index in [1.807, 2.05) is 106 Å². The van der Waals surface area contributed by atoms with Crippen LogP contribution in [0, 0.1) is 17.2 Å². The Labute approximate surface area is 768 Å². The molecule has 131 heavy (non-hydrogen) atoms. The highest BCUT2D eigenvalue weighted by molar-refractivity contribution is 6.06. The third-order valence-corrected chi connectivity index (χ3v) is 28.5. The number of nitrogens with zero attached hydrogens (tertiary/aromatic N) is 17. The van der Waals surface area contributed by atoms with Gasteiger partial charge in [0.1, 0.15) is 17.3 Å². The number of nitrogens with one attached hydrogen (secondary N) is 2. The highest BCUT2D eigenvalue weighted by Gasteiger charge is 2.40. The Bertz CT molecular complexity index is 5890. The molecule has 0 radical (unpaired) electrons. The highest BCUT2D eigenvalue weighted by atomic mass is 16.2. The summed E-state index contributed by atoms with van der Waals surface area (Å²) in [7, 11) is 16.0. The molecule has 12 heterocycles. The number of H-pyrrole nitrogens is 1. The van der Waals surface area contributed by atoms with Gasteiger partial charge in [0.25, 0.3) is 57.3 Å². The lowest BCUT2D eigenvalue weighted by Crippen LogP contribution is -2.54. The first kappa shape index (κ1) is 95.4. The topological polar surface area (TPSA) is 302 Å². The van der Waals surface area contributed by atoms with Gasteiger partial charge in [-0.05, 0) is 225 Å². The number of rotatable bonds is 21. The second-order valence-electron chi connectivity index (χ2n) is 37.8. The zero-order chi connectivity index (χ0) is 93.0. The van der Waals surface area contributed by atoms with Crippen molar-refractivity contribution in [1.29, 1.82) is 5.26 Å². The van der Waals surface area contributed by atoms with Gasteiger partial charge in [-0.15, -0.1) is 6.58 Å². The molecule has 0 atom stereocenters. The minimum atomic E-state index is -0.153. The average Bonchev–Trinajstić information content (AvgIpc) is 1.74. The number of fused-ring (bicyclic) bond motifs is 5. The van der Waals surface area contributed by atoms with Gasteiger partial charge in [-0.3, -0.25) is 47.9 Å². The largest absolute Gasteiger partial charge is 0.357 e. The number of piperidine rings is 5. The zero-order valence-corrected chi connectivity index (χ0v) is 78.6. The molecule has 29 nitrogen and oxygen atoms in total. The molecule has 696 valence electrons. The first-order valence-electron chi connectivity index (χ1n) is 47.4. The predicted octanol–water partition coefficient (Wildman–Crippen LogP) is 10.5. The summed E-state index contributed by atoms with van der Waals surface area (Å²) in [6.07, 6.45) is 53.0. The average molecular weight is 1790 g/mol. The third kappa shape index (κ3) is 21.9. The van der Waals surface area contributed by atoms with Crippen molar-refractivity contribution in [1.82, 2.24) is 82.3 Å². The number of pyridine rings is 5. The number of nitriles is 1. The maximum absolute atomic E-state index is 13.7. The molecule has 18 rings (SSSR count). The van der Waals surface area contributed by atoms with Crippen LogP contribution >= 0.6 is 0 Å². The van der Waals surface area contributed by atoms with Crippen LogP contribution in [-0.2, 0) is 59.4 Å². The minimum absolute atomic E-state index is 0.0148. The minimum Gasteiger partial charge on any atom is -0.357 e. The van der Waals surface area contributed by atoms with E-state index in [9.17, 15) is 47.9 Å². The number of aromatic nitrogens is 8. The number of hydrogen-bond acceptors (Lipinski definition) is 18. The molecular formula is C102H133N19O10. The summed E-state index contributed by atoms with van der Waals surface area (Å²) in [6.45, 7) is 20.1. The summed E-state index contributed by atoms with van der Waals surface area (Å²) in [5.41, 5.74) is 10.3. The number of carbonyl (C=O) groups is 5. The molecule has 5 aliphatic heterocycles. The quantitative estimate of drug-likeness (QED) is 0.0632. The standard InChI is InChI=1S/C21H30N4O2.C21H29N3O2.C20H20N6O2.2C20H27N3O2/c1-14(2)24-11-8-16(9-12-24)25(15-5-4-6-15)20(26)18-13-23(3)21(27)19-17(18)7-10-22-19;1-22(2)16-9-12-23(13-10-16)21(26)19-14-24(11-8-15-6-7-15)20(25)18-5-3-4-17(18)19;1-25-12-17(15-3-2-4-16(15)19(25)28)18(27)23-13-6-9-26(10-7-13)20-22-8-5-14(11-21)24-20;2*1-4-5-11-23-14-18(16-7-6-8-17(16)19(23)24)20(25)22-12-9-15(10-13-22)21(2)3/h7,10,13-16,22H,4-6,8-9,11-12H2,1-3H3;3-4,14-16H,5-13H2,1-2H3;2-3,5,8,12-13H,4,6-7,9-10H2,1H3,(H,23,27);4-7,14-15H,8-13H2,1-3H3;4,6-7,14-15H,1,5,8-13H2,2-3H3/b;;;5-4+;. The number of aromatic amines is 1. The number of hydrogen-bond donors (Lipinski definition) is 2. The van der Waals surface area contributed by atoms with Gasteiger partial charge in [0.2, 0.25) is 5.95 Å². The lowest BCUT2D eigenvalue weighted by atomic mass is 9.87. The molecule has 2 N–H and O–H groups in total. The van der Waals surface area contributed by atoms with Crippen LogP contribution in [0.15, 0.2) is 129 Å². The van der Waals surface area contributed by atoms with Crippen LogP contribution in [-0.4, -0.2) is 257 Å². The Morgan fingerprint density at radius 3 is 1.43 bits per heavy atom. The smallest absolute Gasteiger partial charge is 0.274 e. The molecule has 0 spiro atoms. The van der Waals surface area contributed by atoms with Gasteiger partial charge < -0.3 is 77.2 Å². The monoisotopic (exact) mass is 1780 g/mol. The van der Waals surface area contributed by atoms with Gasteiger partial charge in [-0.1, -0.05) is 79.7 Å². The number of anilines is 1. The van der Waals surface area contributed by atoms with Gasteiger partial charge in [-0.25, -0.2) is 9.97 Å². The van der Waals surface area contributed by atoms with E-state index in [1.54, 1.807) is 77.1 Å². The molecule has 0 bridgehead atoms. The van der Waals surface area contributed by atoms with E-state index in [-0.39, 0.29) is 63.4 Å². The number of carbonyl (C=O) groups excluding carboxylic acids is 5. The SMILES string of the molecule is C/C=C/Cn1cc(C(=O)N2CCC(N(C)C)CC2)c2c(c1=O)CC=C2.C=CCCn1cc(C(=O)N2CCC(N(C)C)CC2)c2c(c1=O)CC=C2.CC(C)N1CCC(N(C(=O)c2cn(C)c(=O)c3[nH]ccc23)C2CCC2)CC1.CN(C)C1CCN(C(=O)c2cn(CCC3CC3)c(=O)c3c2C=CC3)CC1.Cn1cc(C(=O)NC2CCN(c3nccc(C#N)n3)CC2)c2c(c1=O)CC=C2. The first-order valence-corrected chi connectivity index (χ1v) is 47.4. The lowest BCUT2D eigenvalue weighted by molar-refractivity contribution is 0.0262. The van der Waals surface area contributed by atoms with Crippen molar-refractivity contribution in [2.45, 2.75) is 218 Å². The van der Waals surface area contributed by atoms with Crippen molar-refractivity contribution in [3.8, 4) is 6.07 Å². The summed E-state index contributed by atoms with van der Waals surface area (Å²) in [6, 6.07) is 8.33. The van der Waals surface area contributed by atoms with Gasteiger partial charge in [-0.2, -0.15) is 5.26 Å². The van der Waals surface area contributed by atoms with Crippen molar-refractivity contribution >= 4 is 70.7 Å². The fourth-order valence-corrected chi connectivity index (χ4v) is 20.0. The van der Waals surface area contributed by atoms with Crippen LogP contribution in [0.25, 0.3) is 35.2 Å². The number of amides is 5. The fraction of sp³-hybridized carbons (Fsp3) is 0.520. The molecule has 7 aromatic heterocycles. The molecule has 29 heteroatoms. The zero-order valence-electron chi connectivity index (χ0n) is 78.6. The van der Waals surface area contributed by atoms with E-state index < -0.39 is 0 Å². The van der Waals surface area contributed by atoms with Crippen LogP contribution in [0.2, 0.25) is 0 Å². The normalized spacial score (nSPS) is 18.1. The van der Waals surface area contributed by atoms with Crippen LogP contribution in [0.5, 0.6) is 0 Å². The molecule has 5 saturated heterocycles. The molecule has 0 unspecified atom stereocenters. The molecule has 2 saturated carbocycles. The summed E-state index contributed by atoms with van der Waals surface area (Å²) in [5.74, 6) is 1.44. The van der Waals surface area contributed by atoms with Gasteiger partial charge in [0, 0.05) is 212 Å². The summed E-state index contributed by atoms with van der Waals surface area (Å²) in [5, 5.41) is 12.8. The van der Waals surface area contributed by atoms with Crippen LogP contribution in [0.1, 0.15) is 232 Å². The second-order valence-corrected chi connectivity index (χ2v) is 37.8. The Hall–Kier alpha value is -11.7. The maximum Gasteiger partial charge on any atom is 0.274 e. The van der Waals surface area contributed by atoms with Gasteiger partial charge in [0.05, 0.1) is 27.8 Å². The first-order chi connectivity index (χ1) is 63.1. The van der Waals surface area contributed by atoms with Crippen LogP contribution in [0.4, 0.5) is 5.95 Å². The van der Waals surface area contributed by atoms with E-state index in [0.717, 1.165) is 193 Å². The summed E-state index contributed by atoms with van der Waals surface area (Å²) in [4.78, 5) is 159. The molecule has 6 aliphatic carbocycles. The van der Waals surface area contributed by atoms with E-state index in [2.05, 4.69) is 107 Å². The number of likely N-dealkylation sites (tertiary alicyclic amines) is 4. The Morgan fingerprint density at radius 2 is 0.977 bits per heavy atom. The highest BCUT2D eigenvalue weighted by Crippen LogP contribution is 2.36. The van der Waals surface area contributed by atoms with Crippen LogP contribution < -0.4 is 38.0 Å². The molecule has 5 amide bonds. The molecule has 7 aromatic rings. The molecule has 0 aromatic carbocycles. The van der Waals surface area contributed by atoms with Gasteiger partial charge >= 0.3 is 0 Å². The van der Waals surface area contributed by atoms with Gasteiger partial charge in [0.15, 0.2) is 0 Å². The van der Waals surface area contributed by atoms with Crippen molar-refractivity contribution in [2.24, 2.45) is 20.0 Å². The third-order valence-electron chi connectivity index (χ3n) is 28.5. The van der Waals surface area contributed by atoms with E-state index in [4.69, 9.17) is 5.26 Å². The van der Waals surface area contributed by atoms with Crippen molar-refractivity contribution in [3.63, 3.8) is 0 Å². The van der Waals surface area contributed by atoms with E-state index >= 15 is 0 Å². The fourth-order valence-electron chi connectivity index (χ4n) is 20.0. The van der Waals surface area contributed by atoms with Crippen molar-refractivity contribution in [2.75, 3.05) is 113 Å². The molecule has 7 fully saturated rings. The number of aryl methyl sites for hydroxylation is 4. The van der Waals surface area contributed by atoms with Crippen molar-refractivity contribution in [3.05, 3.63) is 234 Å². The summed E-state index contributed by atoms with van der Waals surface area (Å²) >= 11 is 0. The van der Waals surface area contributed by atoms with E-state index in [1.165, 1.54) is 28.4 Å². The second kappa shape index (κ2) is 43.1. The Kier molecular flexibility index (Phi) is 31.4. The maximum atomic E-state index is 13.7. The van der Waals surface area contributed by atoms with Crippen molar-refractivity contribution < 1.29 is 24.0 Å².